The third-order valence-corrected chi connectivity index (χ3v) is 4.70. The zero-order valence-electron chi connectivity index (χ0n) is 10.9. The van der Waals surface area contributed by atoms with Gasteiger partial charge in [-0.05, 0) is 17.7 Å². The molecule has 2 rings (SSSR count). The van der Waals surface area contributed by atoms with Crippen molar-refractivity contribution < 1.29 is 19.6 Å². The summed E-state index contributed by atoms with van der Waals surface area (Å²) in [4.78, 5) is 22.3. The van der Waals surface area contributed by atoms with Crippen molar-refractivity contribution in [2.24, 2.45) is 0 Å². The number of nitro groups is 1. The SMILES string of the molecule is COc1cc(CSc2csc(C(=O)O)c2)cc([N+](=O)[O-])c1. The van der Waals surface area contributed by atoms with E-state index in [2.05, 4.69) is 0 Å². The molecular formula is C13H11NO5S2. The van der Waals surface area contributed by atoms with Gasteiger partial charge in [-0.2, -0.15) is 0 Å². The number of hydrogen-bond donors (Lipinski definition) is 1. The molecule has 0 aliphatic rings. The number of aromatic carboxylic acids is 1. The van der Waals surface area contributed by atoms with Gasteiger partial charge in [-0.1, -0.05) is 0 Å². The predicted molar refractivity (Wildman–Crippen MR) is 80.5 cm³/mol. The van der Waals surface area contributed by atoms with Crippen molar-refractivity contribution >= 4 is 34.8 Å². The minimum atomic E-state index is -0.955. The van der Waals surface area contributed by atoms with Crippen LogP contribution in [-0.4, -0.2) is 23.1 Å². The normalized spacial score (nSPS) is 10.3. The third kappa shape index (κ3) is 3.96. The molecule has 0 spiro atoms. The molecule has 0 atom stereocenters. The number of ether oxygens (including phenoxy) is 1. The zero-order chi connectivity index (χ0) is 15.4. The Kier molecular flexibility index (Phi) is 4.81. The molecular weight excluding hydrogens is 314 g/mol. The monoisotopic (exact) mass is 325 g/mol. The Morgan fingerprint density at radius 3 is 2.76 bits per heavy atom. The molecule has 8 heteroatoms. The lowest BCUT2D eigenvalue weighted by atomic mass is 10.2. The van der Waals surface area contributed by atoms with Crippen LogP contribution in [0.2, 0.25) is 0 Å². The number of carbonyl (C=O) groups is 1. The lowest BCUT2D eigenvalue weighted by molar-refractivity contribution is -0.385. The molecule has 0 amide bonds. The second-order valence-electron chi connectivity index (χ2n) is 4.04. The number of carboxylic acids is 1. The number of thioether (sulfide) groups is 1. The maximum atomic E-state index is 10.9. The van der Waals surface area contributed by atoms with Crippen molar-refractivity contribution in [1.29, 1.82) is 0 Å². The van der Waals surface area contributed by atoms with Crippen molar-refractivity contribution in [2.75, 3.05) is 7.11 Å². The summed E-state index contributed by atoms with van der Waals surface area (Å²) in [5.74, 6) is -0.0337. The van der Waals surface area contributed by atoms with E-state index in [-0.39, 0.29) is 10.6 Å². The number of methoxy groups -OCH3 is 1. The molecule has 0 saturated heterocycles. The fourth-order valence-corrected chi connectivity index (χ4v) is 3.42. The maximum Gasteiger partial charge on any atom is 0.345 e. The first kappa shape index (κ1) is 15.3. The summed E-state index contributed by atoms with van der Waals surface area (Å²) in [6.45, 7) is 0. The molecule has 1 aromatic carbocycles. The summed E-state index contributed by atoms with van der Waals surface area (Å²) in [5.41, 5.74) is 0.718. The number of rotatable bonds is 6. The van der Waals surface area contributed by atoms with Crippen molar-refractivity contribution in [2.45, 2.75) is 10.6 Å². The van der Waals surface area contributed by atoms with Crippen LogP contribution in [0.15, 0.2) is 34.5 Å². The Labute approximate surface area is 128 Å². The molecule has 110 valence electrons. The van der Waals surface area contributed by atoms with Gasteiger partial charge in [0.05, 0.1) is 18.1 Å². The summed E-state index contributed by atoms with van der Waals surface area (Å²) in [6, 6.07) is 6.16. The van der Waals surface area contributed by atoms with E-state index in [1.807, 2.05) is 0 Å². The molecule has 0 aliphatic heterocycles. The smallest absolute Gasteiger partial charge is 0.345 e. The first-order valence-electron chi connectivity index (χ1n) is 5.76. The van der Waals surface area contributed by atoms with Crippen molar-refractivity contribution in [1.82, 2.24) is 0 Å². The summed E-state index contributed by atoms with van der Waals surface area (Å²) in [5, 5.41) is 21.5. The molecule has 1 heterocycles. The van der Waals surface area contributed by atoms with Crippen LogP contribution in [0.1, 0.15) is 15.2 Å². The second kappa shape index (κ2) is 6.59. The molecule has 0 fully saturated rings. The van der Waals surface area contributed by atoms with Crippen molar-refractivity contribution in [3.05, 3.63) is 50.2 Å². The van der Waals surface area contributed by atoms with Crippen LogP contribution in [-0.2, 0) is 5.75 Å². The fraction of sp³-hybridized carbons (Fsp3) is 0.154. The molecule has 1 N–H and O–H groups in total. The molecule has 6 nitrogen and oxygen atoms in total. The molecule has 0 saturated carbocycles. The summed E-state index contributed by atoms with van der Waals surface area (Å²) >= 11 is 2.58. The maximum absolute atomic E-state index is 10.9. The van der Waals surface area contributed by atoms with Gasteiger partial charge in [-0.15, -0.1) is 23.1 Å². The van der Waals surface area contributed by atoms with Crippen LogP contribution in [0.4, 0.5) is 5.69 Å². The van der Waals surface area contributed by atoms with E-state index < -0.39 is 10.9 Å². The quantitative estimate of drug-likeness (QED) is 0.495. The number of carboxylic acid groups (broad SMARTS) is 1. The lowest BCUT2D eigenvalue weighted by Crippen LogP contribution is -1.93. The highest BCUT2D eigenvalue weighted by Crippen LogP contribution is 2.30. The van der Waals surface area contributed by atoms with Crippen molar-refractivity contribution in [3.63, 3.8) is 0 Å². The Bertz CT molecular complexity index is 683. The van der Waals surface area contributed by atoms with Crippen molar-refractivity contribution in [3.8, 4) is 5.75 Å². The van der Waals surface area contributed by atoms with Crippen LogP contribution in [0, 0.1) is 10.1 Å². The Balaban J connectivity index is 2.13. The first-order chi connectivity index (χ1) is 9.99. The van der Waals surface area contributed by atoms with Crippen LogP contribution in [0.5, 0.6) is 5.75 Å². The van der Waals surface area contributed by atoms with Gasteiger partial charge in [0, 0.05) is 22.1 Å². The Morgan fingerprint density at radius 2 is 2.19 bits per heavy atom. The molecule has 0 bridgehead atoms. The second-order valence-corrected chi connectivity index (χ2v) is 6.00. The van der Waals surface area contributed by atoms with E-state index in [0.717, 1.165) is 21.8 Å². The van der Waals surface area contributed by atoms with E-state index in [4.69, 9.17) is 9.84 Å². The number of non-ortho nitro benzene ring substituents is 1. The summed E-state index contributed by atoms with van der Waals surface area (Å²) in [7, 11) is 1.45. The van der Waals surface area contributed by atoms with Crippen LogP contribution >= 0.6 is 23.1 Å². The number of hydrogen-bond acceptors (Lipinski definition) is 6. The van der Waals surface area contributed by atoms with Crippen LogP contribution < -0.4 is 4.74 Å². The molecule has 1 aromatic heterocycles. The zero-order valence-corrected chi connectivity index (χ0v) is 12.6. The first-order valence-corrected chi connectivity index (χ1v) is 7.63. The van der Waals surface area contributed by atoms with Gasteiger partial charge >= 0.3 is 5.97 Å². The number of nitrogens with zero attached hydrogens (tertiary/aromatic N) is 1. The fourth-order valence-electron chi connectivity index (χ4n) is 1.62. The molecule has 0 aliphatic carbocycles. The van der Waals surface area contributed by atoms with E-state index in [1.165, 1.54) is 31.0 Å². The van der Waals surface area contributed by atoms with E-state index in [1.54, 1.807) is 17.5 Å². The molecule has 21 heavy (non-hydrogen) atoms. The van der Waals surface area contributed by atoms with Gasteiger partial charge in [0.25, 0.3) is 5.69 Å². The van der Waals surface area contributed by atoms with Crippen LogP contribution in [0.25, 0.3) is 0 Å². The van der Waals surface area contributed by atoms with E-state index in [0.29, 0.717) is 11.5 Å². The lowest BCUT2D eigenvalue weighted by Gasteiger charge is -2.04. The highest BCUT2D eigenvalue weighted by Gasteiger charge is 2.12. The van der Waals surface area contributed by atoms with Crippen LogP contribution in [0.3, 0.4) is 0 Å². The minimum absolute atomic E-state index is 0.0264. The average Bonchev–Trinajstić information content (AvgIpc) is 2.93. The average molecular weight is 325 g/mol. The van der Waals surface area contributed by atoms with E-state index in [9.17, 15) is 14.9 Å². The van der Waals surface area contributed by atoms with Gasteiger partial charge < -0.3 is 9.84 Å². The number of nitro benzene ring substituents is 1. The highest BCUT2D eigenvalue weighted by atomic mass is 32.2. The standard InChI is InChI=1S/C13H11NO5S2/c1-19-10-3-8(2-9(4-10)14(17)18)6-20-11-5-12(13(15)16)21-7-11/h2-5,7H,6H2,1H3,(H,15,16). The highest BCUT2D eigenvalue weighted by molar-refractivity contribution is 7.98. The largest absolute Gasteiger partial charge is 0.496 e. The number of thiophene rings is 1. The third-order valence-electron chi connectivity index (χ3n) is 2.59. The summed E-state index contributed by atoms with van der Waals surface area (Å²) in [6.07, 6.45) is 0. The summed E-state index contributed by atoms with van der Waals surface area (Å²) < 4.78 is 5.04. The predicted octanol–water partition coefficient (Wildman–Crippen LogP) is 3.66. The Hall–Kier alpha value is -2.06. The van der Waals surface area contributed by atoms with Gasteiger partial charge in [-0.25, -0.2) is 4.79 Å². The molecule has 0 unspecified atom stereocenters. The van der Waals surface area contributed by atoms with Gasteiger partial charge in [-0.3, -0.25) is 10.1 Å². The van der Waals surface area contributed by atoms with Gasteiger partial charge in [0.2, 0.25) is 0 Å². The number of benzene rings is 1. The topological polar surface area (TPSA) is 89.7 Å². The molecule has 2 aromatic rings. The molecule has 0 radical (unpaired) electrons. The van der Waals surface area contributed by atoms with Gasteiger partial charge in [0.1, 0.15) is 10.6 Å². The van der Waals surface area contributed by atoms with Gasteiger partial charge in [0.15, 0.2) is 0 Å². The Morgan fingerprint density at radius 1 is 1.43 bits per heavy atom. The minimum Gasteiger partial charge on any atom is -0.496 e. The van der Waals surface area contributed by atoms with E-state index >= 15 is 0 Å².